The summed E-state index contributed by atoms with van der Waals surface area (Å²) in [6.07, 6.45) is 2.94. The third kappa shape index (κ3) is 3.29. The number of hydrogen-bond donors (Lipinski definition) is 2. The van der Waals surface area contributed by atoms with Gasteiger partial charge in [-0.15, -0.1) is 0 Å². The SMILES string of the molecule is CC(NC1CCCCNC1=O)c1ccc(F)cc1. The maximum Gasteiger partial charge on any atom is 0.237 e. The van der Waals surface area contributed by atoms with Gasteiger partial charge in [0.05, 0.1) is 6.04 Å². The standard InChI is InChI=1S/C14H19FN2O/c1-10(11-5-7-12(15)8-6-11)17-13-4-2-3-9-16-14(13)18/h5-8,10,13,17H,2-4,9H2,1H3,(H,16,18). The quantitative estimate of drug-likeness (QED) is 0.863. The minimum atomic E-state index is -0.238. The molecule has 0 saturated carbocycles. The molecule has 98 valence electrons. The lowest BCUT2D eigenvalue weighted by molar-refractivity contribution is -0.123. The molecule has 1 fully saturated rings. The van der Waals surface area contributed by atoms with Gasteiger partial charge in [-0.3, -0.25) is 10.1 Å². The van der Waals surface area contributed by atoms with Gasteiger partial charge in [0.2, 0.25) is 5.91 Å². The van der Waals surface area contributed by atoms with Crippen LogP contribution < -0.4 is 10.6 Å². The second kappa shape index (κ2) is 5.96. The molecule has 1 aromatic carbocycles. The lowest BCUT2D eigenvalue weighted by Gasteiger charge is -2.21. The van der Waals surface area contributed by atoms with E-state index in [1.54, 1.807) is 12.1 Å². The molecule has 0 spiro atoms. The highest BCUT2D eigenvalue weighted by molar-refractivity contribution is 5.81. The van der Waals surface area contributed by atoms with Crippen LogP contribution in [-0.4, -0.2) is 18.5 Å². The molecule has 1 aromatic rings. The van der Waals surface area contributed by atoms with Crippen molar-refractivity contribution in [1.29, 1.82) is 0 Å². The summed E-state index contributed by atoms with van der Waals surface area (Å²) in [6.45, 7) is 2.76. The Balaban J connectivity index is 1.99. The van der Waals surface area contributed by atoms with Crippen LogP contribution in [0.3, 0.4) is 0 Å². The number of halogens is 1. The Bertz CT molecular complexity index is 405. The number of carbonyl (C=O) groups excluding carboxylic acids is 1. The van der Waals surface area contributed by atoms with E-state index in [4.69, 9.17) is 0 Å². The summed E-state index contributed by atoms with van der Waals surface area (Å²) < 4.78 is 12.8. The average molecular weight is 250 g/mol. The zero-order valence-corrected chi connectivity index (χ0v) is 10.6. The second-order valence-electron chi connectivity index (χ2n) is 4.78. The Kier molecular flexibility index (Phi) is 4.31. The minimum Gasteiger partial charge on any atom is -0.355 e. The number of rotatable bonds is 3. The number of hydrogen-bond acceptors (Lipinski definition) is 2. The maximum absolute atomic E-state index is 12.8. The van der Waals surface area contributed by atoms with E-state index < -0.39 is 0 Å². The Labute approximate surface area is 107 Å². The first-order valence-electron chi connectivity index (χ1n) is 6.46. The van der Waals surface area contributed by atoms with Crippen molar-refractivity contribution < 1.29 is 9.18 Å². The van der Waals surface area contributed by atoms with Crippen LogP contribution in [0.1, 0.15) is 37.8 Å². The minimum absolute atomic E-state index is 0.0412. The first kappa shape index (κ1) is 13.0. The smallest absolute Gasteiger partial charge is 0.237 e. The molecule has 2 atom stereocenters. The van der Waals surface area contributed by atoms with Crippen molar-refractivity contribution in [3.8, 4) is 0 Å². The molecule has 1 heterocycles. The van der Waals surface area contributed by atoms with E-state index in [9.17, 15) is 9.18 Å². The summed E-state index contributed by atoms with van der Waals surface area (Å²) >= 11 is 0. The van der Waals surface area contributed by atoms with Gasteiger partial charge in [-0.05, 0) is 43.9 Å². The molecular formula is C14H19FN2O. The summed E-state index contributed by atoms with van der Waals surface area (Å²) in [5, 5.41) is 6.21. The predicted molar refractivity (Wildman–Crippen MR) is 68.6 cm³/mol. The molecule has 1 amide bonds. The van der Waals surface area contributed by atoms with Crippen LogP contribution >= 0.6 is 0 Å². The fraction of sp³-hybridized carbons (Fsp3) is 0.500. The van der Waals surface area contributed by atoms with Crippen LogP contribution in [0.25, 0.3) is 0 Å². The molecule has 2 rings (SSSR count). The predicted octanol–water partition coefficient (Wildman–Crippen LogP) is 2.14. The van der Waals surface area contributed by atoms with Crippen LogP contribution in [-0.2, 0) is 4.79 Å². The summed E-state index contributed by atoms with van der Waals surface area (Å²) in [6, 6.07) is 6.29. The molecule has 0 bridgehead atoms. The van der Waals surface area contributed by atoms with Gasteiger partial charge in [-0.2, -0.15) is 0 Å². The lowest BCUT2D eigenvalue weighted by Crippen LogP contribution is -2.43. The number of amides is 1. The van der Waals surface area contributed by atoms with Crippen molar-refractivity contribution in [2.24, 2.45) is 0 Å². The van der Waals surface area contributed by atoms with E-state index in [1.807, 2.05) is 6.92 Å². The highest BCUT2D eigenvalue weighted by Crippen LogP contribution is 2.16. The van der Waals surface area contributed by atoms with Gasteiger partial charge in [-0.1, -0.05) is 12.1 Å². The fourth-order valence-electron chi connectivity index (χ4n) is 2.25. The molecule has 0 radical (unpaired) electrons. The molecule has 0 aliphatic carbocycles. The summed E-state index contributed by atoms with van der Waals surface area (Å²) in [7, 11) is 0. The summed E-state index contributed by atoms with van der Waals surface area (Å²) in [4.78, 5) is 11.8. The number of benzene rings is 1. The van der Waals surface area contributed by atoms with Gasteiger partial charge in [0.15, 0.2) is 0 Å². The topological polar surface area (TPSA) is 41.1 Å². The van der Waals surface area contributed by atoms with Gasteiger partial charge < -0.3 is 5.32 Å². The van der Waals surface area contributed by atoms with E-state index in [2.05, 4.69) is 10.6 Å². The van der Waals surface area contributed by atoms with E-state index in [0.29, 0.717) is 0 Å². The van der Waals surface area contributed by atoms with Crippen LogP contribution in [0.2, 0.25) is 0 Å². The molecule has 1 aliphatic heterocycles. The van der Waals surface area contributed by atoms with Crippen LogP contribution in [0.4, 0.5) is 4.39 Å². The van der Waals surface area contributed by atoms with Gasteiger partial charge in [0.1, 0.15) is 5.82 Å². The molecule has 2 unspecified atom stereocenters. The summed E-state index contributed by atoms with van der Waals surface area (Å²) in [5.41, 5.74) is 0.994. The fourth-order valence-corrected chi connectivity index (χ4v) is 2.25. The Morgan fingerprint density at radius 3 is 2.78 bits per heavy atom. The van der Waals surface area contributed by atoms with E-state index in [1.165, 1.54) is 12.1 Å². The van der Waals surface area contributed by atoms with Crippen molar-refractivity contribution in [2.75, 3.05) is 6.54 Å². The van der Waals surface area contributed by atoms with E-state index >= 15 is 0 Å². The highest BCUT2D eigenvalue weighted by atomic mass is 19.1. The molecule has 3 nitrogen and oxygen atoms in total. The third-order valence-corrected chi connectivity index (χ3v) is 3.36. The Morgan fingerprint density at radius 1 is 1.33 bits per heavy atom. The molecule has 2 N–H and O–H groups in total. The molecule has 18 heavy (non-hydrogen) atoms. The molecular weight excluding hydrogens is 231 g/mol. The first-order valence-corrected chi connectivity index (χ1v) is 6.46. The van der Waals surface area contributed by atoms with Crippen LogP contribution in [0.5, 0.6) is 0 Å². The first-order chi connectivity index (χ1) is 8.66. The van der Waals surface area contributed by atoms with Gasteiger partial charge >= 0.3 is 0 Å². The zero-order valence-electron chi connectivity index (χ0n) is 10.6. The van der Waals surface area contributed by atoms with Crippen molar-refractivity contribution in [2.45, 2.75) is 38.3 Å². The van der Waals surface area contributed by atoms with Crippen molar-refractivity contribution in [3.05, 3.63) is 35.6 Å². The van der Waals surface area contributed by atoms with Gasteiger partial charge in [-0.25, -0.2) is 4.39 Å². The molecule has 1 aliphatic rings. The molecule has 1 saturated heterocycles. The number of nitrogens with one attached hydrogen (secondary N) is 2. The monoisotopic (exact) mass is 250 g/mol. The maximum atomic E-state index is 12.8. The highest BCUT2D eigenvalue weighted by Gasteiger charge is 2.22. The van der Waals surface area contributed by atoms with Gasteiger partial charge in [0.25, 0.3) is 0 Å². The van der Waals surface area contributed by atoms with Crippen molar-refractivity contribution in [1.82, 2.24) is 10.6 Å². The lowest BCUT2D eigenvalue weighted by atomic mass is 10.1. The van der Waals surface area contributed by atoms with Crippen LogP contribution in [0, 0.1) is 5.82 Å². The van der Waals surface area contributed by atoms with E-state index in [0.717, 1.165) is 31.4 Å². The average Bonchev–Trinajstić information content (AvgIpc) is 2.56. The van der Waals surface area contributed by atoms with Crippen LogP contribution in [0.15, 0.2) is 24.3 Å². The summed E-state index contributed by atoms with van der Waals surface area (Å²) in [5.74, 6) is -0.167. The van der Waals surface area contributed by atoms with Crippen molar-refractivity contribution in [3.63, 3.8) is 0 Å². The Hall–Kier alpha value is -1.42. The molecule has 0 aromatic heterocycles. The van der Waals surface area contributed by atoms with Crippen molar-refractivity contribution >= 4 is 5.91 Å². The third-order valence-electron chi connectivity index (χ3n) is 3.36. The number of carbonyl (C=O) groups is 1. The molecule has 4 heteroatoms. The van der Waals surface area contributed by atoms with E-state index in [-0.39, 0.29) is 23.8 Å². The van der Waals surface area contributed by atoms with Gasteiger partial charge in [0, 0.05) is 12.6 Å². The zero-order chi connectivity index (χ0) is 13.0. The normalized spacial score (nSPS) is 22.1. The second-order valence-corrected chi connectivity index (χ2v) is 4.78. The Morgan fingerprint density at radius 2 is 2.06 bits per heavy atom. The largest absolute Gasteiger partial charge is 0.355 e.